The van der Waals surface area contributed by atoms with Gasteiger partial charge in [-0.1, -0.05) is 12.1 Å². The molecule has 13 heavy (non-hydrogen) atoms. The fourth-order valence-electron chi connectivity index (χ4n) is 1.20. The van der Waals surface area contributed by atoms with E-state index < -0.39 is 0 Å². The van der Waals surface area contributed by atoms with Gasteiger partial charge in [0, 0.05) is 0 Å². The first-order valence-electron chi connectivity index (χ1n) is 4.54. The van der Waals surface area contributed by atoms with Gasteiger partial charge >= 0.3 is 5.97 Å². The van der Waals surface area contributed by atoms with Crippen molar-refractivity contribution < 1.29 is 9.53 Å². The zero-order valence-corrected chi connectivity index (χ0v) is 7.62. The van der Waals surface area contributed by atoms with E-state index in [0.29, 0.717) is 5.75 Å². The molecule has 2 heteroatoms. The number of hydrogen-bond acceptors (Lipinski definition) is 2. The molecular formula is C11H12O2. The number of rotatable bonds is 2. The Bertz CT molecular complexity index is 327. The van der Waals surface area contributed by atoms with Gasteiger partial charge in [-0.2, -0.15) is 0 Å². The molecule has 0 bridgehead atoms. The Morgan fingerprint density at radius 1 is 1.46 bits per heavy atom. The Morgan fingerprint density at radius 2 is 2.23 bits per heavy atom. The molecule has 0 radical (unpaired) electrons. The smallest absolute Gasteiger partial charge is 0.314 e. The maximum atomic E-state index is 11.3. The largest absolute Gasteiger partial charge is 0.426 e. The van der Waals surface area contributed by atoms with E-state index in [-0.39, 0.29) is 11.9 Å². The van der Waals surface area contributed by atoms with Crippen LogP contribution in [0, 0.1) is 12.8 Å². The molecule has 0 atom stereocenters. The monoisotopic (exact) mass is 176 g/mol. The maximum Gasteiger partial charge on any atom is 0.314 e. The lowest BCUT2D eigenvalue weighted by molar-refractivity contribution is -0.135. The predicted molar refractivity (Wildman–Crippen MR) is 49.5 cm³/mol. The van der Waals surface area contributed by atoms with Crippen LogP contribution in [0.15, 0.2) is 24.3 Å². The Labute approximate surface area is 77.5 Å². The number of esters is 1. The van der Waals surface area contributed by atoms with Crippen molar-refractivity contribution in [2.24, 2.45) is 5.92 Å². The van der Waals surface area contributed by atoms with E-state index in [4.69, 9.17) is 4.74 Å². The lowest BCUT2D eigenvalue weighted by Gasteiger charge is -2.02. The molecule has 0 unspecified atom stereocenters. The van der Waals surface area contributed by atoms with E-state index in [9.17, 15) is 4.79 Å². The average Bonchev–Trinajstić information content (AvgIpc) is 2.85. The van der Waals surface area contributed by atoms with Crippen molar-refractivity contribution in [2.45, 2.75) is 19.8 Å². The molecule has 2 nitrogen and oxygen atoms in total. The molecule has 0 N–H and O–H groups in total. The zero-order valence-electron chi connectivity index (χ0n) is 7.62. The van der Waals surface area contributed by atoms with Crippen molar-refractivity contribution >= 4 is 5.97 Å². The van der Waals surface area contributed by atoms with Crippen LogP contribution >= 0.6 is 0 Å². The lowest BCUT2D eigenvalue weighted by Crippen LogP contribution is -2.09. The first-order valence-corrected chi connectivity index (χ1v) is 4.54. The second-order valence-electron chi connectivity index (χ2n) is 3.51. The molecule has 1 aromatic rings. The van der Waals surface area contributed by atoms with Gasteiger partial charge in [0.2, 0.25) is 0 Å². The third-order valence-electron chi connectivity index (χ3n) is 2.12. The quantitative estimate of drug-likeness (QED) is 0.510. The van der Waals surface area contributed by atoms with Gasteiger partial charge in [-0.3, -0.25) is 4.79 Å². The third-order valence-corrected chi connectivity index (χ3v) is 2.12. The maximum absolute atomic E-state index is 11.3. The fraction of sp³-hybridized carbons (Fsp3) is 0.364. The summed E-state index contributed by atoms with van der Waals surface area (Å²) in [6, 6.07) is 7.56. The second-order valence-corrected chi connectivity index (χ2v) is 3.51. The van der Waals surface area contributed by atoms with E-state index >= 15 is 0 Å². The molecule has 0 spiro atoms. The van der Waals surface area contributed by atoms with Crippen molar-refractivity contribution in [3.05, 3.63) is 29.8 Å². The third kappa shape index (κ3) is 2.08. The Balaban J connectivity index is 2.04. The first kappa shape index (κ1) is 8.30. The molecule has 0 saturated heterocycles. The highest BCUT2D eigenvalue weighted by Gasteiger charge is 2.31. The molecule has 0 aliphatic heterocycles. The van der Waals surface area contributed by atoms with Crippen LogP contribution in [0.5, 0.6) is 5.75 Å². The van der Waals surface area contributed by atoms with Gasteiger partial charge in [-0.05, 0) is 37.5 Å². The number of aryl methyl sites for hydroxylation is 1. The average molecular weight is 176 g/mol. The minimum Gasteiger partial charge on any atom is -0.426 e. The summed E-state index contributed by atoms with van der Waals surface area (Å²) >= 11 is 0. The highest BCUT2D eigenvalue weighted by molar-refractivity contribution is 5.77. The minimum absolute atomic E-state index is 0.0781. The summed E-state index contributed by atoms with van der Waals surface area (Å²) in [7, 11) is 0. The van der Waals surface area contributed by atoms with Crippen LogP contribution in [0.2, 0.25) is 0 Å². The second kappa shape index (κ2) is 3.21. The Morgan fingerprint density at radius 3 is 2.85 bits per heavy atom. The molecule has 1 saturated carbocycles. The van der Waals surface area contributed by atoms with Crippen LogP contribution in [0.4, 0.5) is 0 Å². The summed E-state index contributed by atoms with van der Waals surface area (Å²) in [5.74, 6) is 0.753. The van der Waals surface area contributed by atoms with Gasteiger partial charge in [0.05, 0.1) is 5.92 Å². The molecule has 2 rings (SSSR count). The fourth-order valence-corrected chi connectivity index (χ4v) is 1.20. The normalized spacial score (nSPS) is 15.5. The Hall–Kier alpha value is -1.31. The predicted octanol–water partition coefficient (Wildman–Crippen LogP) is 2.31. The number of ether oxygens (including phenoxy) is 1. The van der Waals surface area contributed by atoms with Gasteiger partial charge in [0.15, 0.2) is 0 Å². The van der Waals surface area contributed by atoms with E-state index in [1.54, 1.807) is 0 Å². The van der Waals surface area contributed by atoms with Crippen LogP contribution in [0.3, 0.4) is 0 Å². The van der Waals surface area contributed by atoms with Gasteiger partial charge in [-0.25, -0.2) is 0 Å². The lowest BCUT2D eigenvalue weighted by atomic mass is 10.2. The van der Waals surface area contributed by atoms with Crippen molar-refractivity contribution in [3.8, 4) is 5.75 Å². The summed E-state index contributed by atoms with van der Waals surface area (Å²) in [5.41, 5.74) is 1.11. The van der Waals surface area contributed by atoms with E-state index in [1.807, 2.05) is 31.2 Å². The van der Waals surface area contributed by atoms with Gasteiger partial charge in [-0.15, -0.1) is 0 Å². The topological polar surface area (TPSA) is 26.3 Å². The standard InChI is InChI=1S/C11H12O2/c1-8-3-2-4-10(7-8)13-11(12)9-5-6-9/h2-4,7,9H,5-6H2,1H3. The minimum atomic E-state index is -0.0781. The summed E-state index contributed by atoms with van der Waals surface area (Å²) in [4.78, 5) is 11.3. The molecule has 0 heterocycles. The van der Waals surface area contributed by atoms with Crippen molar-refractivity contribution in [2.75, 3.05) is 0 Å². The van der Waals surface area contributed by atoms with Crippen LogP contribution in [0.25, 0.3) is 0 Å². The number of benzene rings is 1. The Kier molecular flexibility index (Phi) is 2.05. The van der Waals surface area contributed by atoms with Crippen LogP contribution in [0.1, 0.15) is 18.4 Å². The molecule has 1 fully saturated rings. The van der Waals surface area contributed by atoms with E-state index in [1.165, 1.54) is 0 Å². The van der Waals surface area contributed by atoms with Crippen LogP contribution in [-0.2, 0) is 4.79 Å². The highest BCUT2D eigenvalue weighted by Crippen LogP contribution is 2.30. The summed E-state index contributed by atoms with van der Waals surface area (Å²) in [5, 5.41) is 0. The first-order chi connectivity index (χ1) is 6.25. The van der Waals surface area contributed by atoms with Crippen molar-refractivity contribution in [1.29, 1.82) is 0 Å². The van der Waals surface area contributed by atoms with E-state index in [2.05, 4.69) is 0 Å². The van der Waals surface area contributed by atoms with Crippen molar-refractivity contribution in [1.82, 2.24) is 0 Å². The SMILES string of the molecule is Cc1cccc(OC(=O)C2CC2)c1. The van der Waals surface area contributed by atoms with Gasteiger partial charge in [0.1, 0.15) is 5.75 Å². The van der Waals surface area contributed by atoms with Gasteiger partial charge < -0.3 is 4.74 Å². The molecular weight excluding hydrogens is 164 g/mol. The highest BCUT2D eigenvalue weighted by atomic mass is 16.5. The van der Waals surface area contributed by atoms with Crippen LogP contribution < -0.4 is 4.74 Å². The van der Waals surface area contributed by atoms with Gasteiger partial charge in [0.25, 0.3) is 0 Å². The molecule has 1 aliphatic rings. The molecule has 0 aromatic heterocycles. The molecule has 1 aliphatic carbocycles. The number of carbonyl (C=O) groups excluding carboxylic acids is 1. The zero-order chi connectivity index (χ0) is 9.26. The molecule has 0 amide bonds. The molecule has 68 valence electrons. The number of hydrogen-bond donors (Lipinski definition) is 0. The van der Waals surface area contributed by atoms with Crippen molar-refractivity contribution in [3.63, 3.8) is 0 Å². The summed E-state index contributed by atoms with van der Waals surface area (Å²) < 4.78 is 5.18. The summed E-state index contributed by atoms with van der Waals surface area (Å²) in [6.07, 6.45) is 1.98. The van der Waals surface area contributed by atoms with E-state index in [0.717, 1.165) is 18.4 Å². The van der Waals surface area contributed by atoms with Crippen LogP contribution in [-0.4, -0.2) is 5.97 Å². The summed E-state index contributed by atoms with van der Waals surface area (Å²) in [6.45, 7) is 1.98. The molecule has 1 aromatic carbocycles. The number of carbonyl (C=O) groups is 1.